The molecule has 0 aliphatic carbocycles. The maximum Gasteiger partial charge on any atom is 0.261 e. The summed E-state index contributed by atoms with van der Waals surface area (Å²) < 4.78 is 31.8. The lowest BCUT2D eigenvalue weighted by Gasteiger charge is -2.27. The molecule has 3 amide bonds. The number of benzene rings is 1. The van der Waals surface area contributed by atoms with Gasteiger partial charge in [0.05, 0.1) is 33.7 Å². The third kappa shape index (κ3) is 5.84. The number of hydrogen-bond donors (Lipinski definition) is 2. The Morgan fingerprint density at radius 2 is 1.74 bits per heavy atom. The molecule has 1 aromatic carbocycles. The Hall–Kier alpha value is -2.51. The molecule has 35 heavy (non-hydrogen) atoms. The number of halogens is 1. The zero-order valence-electron chi connectivity index (χ0n) is 18.9. The Kier molecular flexibility index (Phi) is 7.77. The van der Waals surface area contributed by atoms with Crippen LogP contribution in [-0.4, -0.2) is 81.1 Å². The van der Waals surface area contributed by atoms with Gasteiger partial charge in [-0.2, -0.15) is 4.31 Å². The third-order valence-corrected chi connectivity index (χ3v) is 8.95. The van der Waals surface area contributed by atoms with Crippen LogP contribution in [0.4, 0.5) is 5.69 Å². The highest BCUT2D eigenvalue weighted by molar-refractivity contribution is 7.89. The highest BCUT2D eigenvalue weighted by atomic mass is 35.5. The summed E-state index contributed by atoms with van der Waals surface area (Å²) in [5.74, 6) is -1.04. The number of amides is 3. The molecular weight excluding hydrogens is 516 g/mol. The second-order valence-corrected chi connectivity index (χ2v) is 12.1. The number of nitrogens with one attached hydrogen (secondary N) is 2. The number of anilines is 1. The van der Waals surface area contributed by atoms with Crippen LogP contribution in [0.1, 0.15) is 27.0 Å². The van der Waals surface area contributed by atoms with Gasteiger partial charge in [0.1, 0.15) is 6.61 Å². The number of thiophene rings is 1. The van der Waals surface area contributed by atoms with E-state index in [1.54, 1.807) is 48.2 Å². The number of ether oxygens (including phenoxy) is 1. The Labute approximate surface area is 212 Å². The molecule has 0 unspecified atom stereocenters. The molecule has 188 valence electrons. The van der Waals surface area contributed by atoms with E-state index >= 15 is 0 Å². The van der Waals surface area contributed by atoms with E-state index in [0.717, 1.165) is 11.3 Å². The molecule has 2 aliphatic heterocycles. The fourth-order valence-electron chi connectivity index (χ4n) is 3.98. The van der Waals surface area contributed by atoms with Gasteiger partial charge in [-0.25, -0.2) is 8.42 Å². The molecule has 2 fully saturated rings. The van der Waals surface area contributed by atoms with Crippen LogP contribution in [0.3, 0.4) is 0 Å². The molecule has 2 atom stereocenters. The van der Waals surface area contributed by atoms with Gasteiger partial charge in [-0.3, -0.25) is 14.4 Å². The molecule has 2 saturated heterocycles. The molecule has 0 spiro atoms. The second kappa shape index (κ2) is 10.6. The maximum absolute atomic E-state index is 13.0. The molecule has 4 rings (SSSR count). The summed E-state index contributed by atoms with van der Waals surface area (Å²) in [4.78, 5) is 39.7. The number of rotatable bonds is 7. The molecule has 2 aliphatic rings. The summed E-state index contributed by atoms with van der Waals surface area (Å²) in [6.45, 7) is 2.53. The molecule has 0 saturated carbocycles. The first kappa shape index (κ1) is 25.6. The van der Waals surface area contributed by atoms with Gasteiger partial charge < -0.3 is 20.3 Å². The Bertz CT molecular complexity index is 1220. The second-order valence-electron chi connectivity index (χ2n) is 8.13. The minimum absolute atomic E-state index is 0.0197. The van der Waals surface area contributed by atoms with Crippen molar-refractivity contribution >= 4 is 56.4 Å². The molecule has 0 radical (unpaired) electrons. The first-order chi connectivity index (χ1) is 16.7. The van der Waals surface area contributed by atoms with E-state index < -0.39 is 28.0 Å². The summed E-state index contributed by atoms with van der Waals surface area (Å²) >= 11 is 7.04. The lowest BCUT2D eigenvalue weighted by atomic mass is 10.1. The monoisotopic (exact) mass is 540 g/mol. The van der Waals surface area contributed by atoms with Crippen molar-refractivity contribution in [3.05, 3.63) is 51.2 Å². The Morgan fingerprint density at radius 3 is 2.31 bits per heavy atom. The highest BCUT2D eigenvalue weighted by Crippen LogP contribution is 2.23. The fourth-order valence-corrected chi connectivity index (χ4v) is 6.07. The summed E-state index contributed by atoms with van der Waals surface area (Å²) in [5, 5.41) is 5.69. The van der Waals surface area contributed by atoms with E-state index in [2.05, 4.69) is 10.6 Å². The Balaban J connectivity index is 1.47. The van der Waals surface area contributed by atoms with Gasteiger partial charge in [0, 0.05) is 30.9 Å². The van der Waals surface area contributed by atoms with Crippen LogP contribution in [0, 0.1) is 0 Å². The lowest BCUT2D eigenvalue weighted by Crippen LogP contribution is -2.50. The smallest absolute Gasteiger partial charge is 0.261 e. The number of sulfonamides is 1. The third-order valence-electron chi connectivity index (χ3n) is 5.90. The molecule has 2 aromatic rings. The van der Waals surface area contributed by atoms with E-state index in [1.807, 2.05) is 0 Å². The van der Waals surface area contributed by atoms with E-state index in [-0.39, 0.29) is 37.3 Å². The quantitative estimate of drug-likeness (QED) is 0.546. The Morgan fingerprint density at radius 1 is 1.09 bits per heavy atom. The summed E-state index contributed by atoms with van der Waals surface area (Å²) in [6.07, 6.45) is 0. The van der Waals surface area contributed by atoms with Crippen LogP contribution in [0.25, 0.3) is 0 Å². The van der Waals surface area contributed by atoms with Crippen molar-refractivity contribution in [2.24, 2.45) is 0 Å². The van der Waals surface area contributed by atoms with Gasteiger partial charge in [0.15, 0.2) is 0 Å². The van der Waals surface area contributed by atoms with Crippen LogP contribution < -0.4 is 15.5 Å². The standard InChI is InChI=1S/C22H25ClN4O6S2/c1-2-35(31,32)26-11-16(17(12-26)25-22(30)18-7-8-19(23)34-18)24-21(29)14-3-5-15(6-4-14)27-9-10-33-13-20(27)28/h3-8,16-17H,2,9-13H2,1H3,(H,24,29)(H,25,30)/t16-,17+/m0/s1. The van der Waals surface area contributed by atoms with E-state index in [4.69, 9.17) is 16.3 Å². The van der Waals surface area contributed by atoms with E-state index in [1.165, 1.54) is 4.31 Å². The van der Waals surface area contributed by atoms with Crippen molar-refractivity contribution < 1.29 is 27.5 Å². The maximum atomic E-state index is 13.0. The first-order valence-corrected chi connectivity index (χ1v) is 13.8. The van der Waals surface area contributed by atoms with Gasteiger partial charge >= 0.3 is 0 Å². The zero-order valence-corrected chi connectivity index (χ0v) is 21.3. The molecule has 2 N–H and O–H groups in total. The number of morpholine rings is 1. The summed E-state index contributed by atoms with van der Waals surface area (Å²) in [5.41, 5.74) is 1.01. The van der Waals surface area contributed by atoms with Gasteiger partial charge in [0.2, 0.25) is 10.0 Å². The van der Waals surface area contributed by atoms with Crippen molar-refractivity contribution in [2.45, 2.75) is 19.0 Å². The molecule has 3 heterocycles. The predicted octanol–water partition coefficient (Wildman–Crippen LogP) is 1.33. The van der Waals surface area contributed by atoms with Crippen LogP contribution in [0.2, 0.25) is 4.34 Å². The van der Waals surface area contributed by atoms with Crippen LogP contribution in [0.15, 0.2) is 36.4 Å². The van der Waals surface area contributed by atoms with Crippen molar-refractivity contribution in [2.75, 3.05) is 43.5 Å². The SMILES string of the molecule is CCS(=O)(=O)N1C[C@H](NC(=O)c2ccc(N3CCOCC3=O)cc2)[C@H](NC(=O)c2ccc(Cl)s2)C1. The number of hydrogen-bond acceptors (Lipinski definition) is 7. The summed E-state index contributed by atoms with van der Waals surface area (Å²) in [6, 6.07) is 8.50. The highest BCUT2D eigenvalue weighted by Gasteiger charge is 2.40. The molecule has 1 aromatic heterocycles. The predicted molar refractivity (Wildman–Crippen MR) is 132 cm³/mol. The van der Waals surface area contributed by atoms with Gasteiger partial charge in [-0.05, 0) is 43.3 Å². The number of carbonyl (C=O) groups excluding carboxylic acids is 3. The molecular formula is C22H25ClN4O6S2. The van der Waals surface area contributed by atoms with Crippen molar-refractivity contribution in [1.29, 1.82) is 0 Å². The minimum atomic E-state index is -3.52. The normalized spacial score (nSPS) is 21.2. The fraction of sp³-hybridized carbons (Fsp3) is 0.409. The van der Waals surface area contributed by atoms with Gasteiger partial charge in [0.25, 0.3) is 17.7 Å². The van der Waals surface area contributed by atoms with Gasteiger partial charge in [-0.1, -0.05) is 11.6 Å². The largest absolute Gasteiger partial charge is 0.370 e. The van der Waals surface area contributed by atoms with Crippen LogP contribution in [0.5, 0.6) is 0 Å². The van der Waals surface area contributed by atoms with Crippen molar-refractivity contribution in [1.82, 2.24) is 14.9 Å². The topological polar surface area (TPSA) is 125 Å². The minimum Gasteiger partial charge on any atom is -0.370 e. The number of carbonyl (C=O) groups is 3. The average Bonchev–Trinajstić information content (AvgIpc) is 3.46. The number of nitrogens with zero attached hydrogens (tertiary/aromatic N) is 2. The first-order valence-electron chi connectivity index (χ1n) is 11.0. The van der Waals surface area contributed by atoms with E-state index in [0.29, 0.717) is 33.6 Å². The molecule has 10 nitrogen and oxygen atoms in total. The summed E-state index contributed by atoms with van der Waals surface area (Å²) in [7, 11) is -3.52. The van der Waals surface area contributed by atoms with Crippen molar-refractivity contribution in [3.8, 4) is 0 Å². The van der Waals surface area contributed by atoms with Crippen molar-refractivity contribution in [3.63, 3.8) is 0 Å². The lowest BCUT2D eigenvalue weighted by molar-refractivity contribution is -0.125. The molecule has 13 heteroatoms. The zero-order chi connectivity index (χ0) is 25.2. The molecule has 0 bridgehead atoms. The van der Waals surface area contributed by atoms with Gasteiger partial charge in [-0.15, -0.1) is 11.3 Å². The average molecular weight is 541 g/mol. The van der Waals surface area contributed by atoms with Crippen LogP contribution in [-0.2, 0) is 19.6 Å². The van der Waals surface area contributed by atoms with Crippen LogP contribution >= 0.6 is 22.9 Å². The van der Waals surface area contributed by atoms with E-state index in [9.17, 15) is 22.8 Å².